The summed E-state index contributed by atoms with van der Waals surface area (Å²) in [6.07, 6.45) is 5.39. The van der Waals surface area contributed by atoms with Gasteiger partial charge in [0.05, 0.1) is 17.2 Å². The molecule has 0 atom stereocenters. The highest BCUT2D eigenvalue weighted by Crippen LogP contribution is 2.21. The fourth-order valence-corrected chi connectivity index (χ4v) is 3.42. The standard InChI is InChI=1S/C21H18Br2N4O2/c1-2-4-15-5-3-6-16(20(15)28)11-24-25-21(29)19-18(23)13-27(26-19)12-14-7-9-17(22)10-8-14/h2-3,5-11,13,28H,1,4,12H2,(H,25,29). The number of carbonyl (C=O) groups is 1. The molecule has 1 aromatic heterocycles. The van der Waals surface area contributed by atoms with Crippen LogP contribution in [0.15, 0.2) is 75.4 Å². The first-order chi connectivity index (χ1) is 14.0. The van der Waals surface area contributed by atoms with Gasteiger partial charge in [0.15, 0.2) is 5.69 Å². The second-order valence-corrected chi connectivity index (χ2v) is 7.97. The number of para-hydroxylation sites is 1. The van der Waals surface area contributed by atoms with Crippen LogP contribution < -0.4 is 5.43 Å². The first-order valence-electron chi connectivity index (χ1n) is 8.70. The summed E-state index contributed by atoms with van der Waals surface area (Å²) < 4.78 is 3.25. The Morgan fingerprint density at radius 1 is 1.24 bits per heavy atom. The Labute approximate surface area is 185 Å². The lowest BCUT2D eigenvalue weighted by Gasteiger charge is -2.04. The highest BCUT2D eigenvalue weighted by molar-refractivity contribution is 9.10. The molecule has 0 spiro atoms. The maximum absolute atomic E-state index is 12.4. The van der Waals surface area contributed by atoms with Crippen molar-refractivity contribution in [2.24, 2.45) is 5.10 Å². The first kappa shape index (κ1) is 21.0. The molecule has 0 aliphatic rings. The van der Waals surface area contributed by atoms with Crippen LogP contribution in [0.1, 0.15) is 27.2 Å². The minimum Gasteiger partial charge on any atom is -0.507 e. The number of amides is 1. The number of nitrogens with one attached hydrogen (secondary N) is 1. The Morgan fingerprint density at radius 3 is 2.72 bits per heavy atom. The van der Waals surface area contributed by atoms with E-state index in [1.807, 2.05) is 36.4 Å². The molecule has 0 saturated carbocycles. The summed E-state index contributed by atoms with van der Waals surface area (Å²) in [5.74, 6) is -0.338. The summed E-state index contributed by atoms with van der Waals surface area (Å²) in [6.45, 7) is 4.20. The van der Waals surface area contributed by atoms with Crippen molar-refractivity contribution in [1.82, 2.24) is 15.2 Å². The van der Waals surface area contributed by atoms with Crippen LogP contribution in [0.4, 0.5) is 0 Å². The molecule has 0 aliphatic heterocycles. The number of hydrogen-bond donors (Lipinski definition) is 2. The SMILES string of the molecule is C=CCc1cccc(C=NNC(=O)c2nn(Cc3ccc(Br)cc3)cc2Br)c1O. The Balaban J connectivity index is 1.67. The summed E-state index contributed by atoms with van der Waals surface area (Å²) in [5.41, 5.74) is 4.97. The molecule has 3 aromatic rings. The van der Waals surface area contributed by atoms with E-state index in [2.05, 4.69) is 54.1 Å². The van der Waals surface area contributed by atoms with Crippen LogP contribution in [0.2, 0.25) is 0 Å². The highest BCUT2D eigenvalue weighted by Gasteiger charge is 2.15. The van der Waals surface area contributed by atoms with E-state index in [9.17, 15) is 9.90 Å². The van der Waals surface area contributed by atoms with E-state index in [1.54, 1.807) is 23.0 Å². The van der Waals surface area contributed by atoms with Gasteiger partial charge in [-0.05, 0) is 51.7 Å². The number of halogens is 2. The van der Waals surface area contributed by atoms with Gasteiger partial charge in [0.2, 0.25) is 0 Å². The van der Waals surface area contributed by atoms with E-state index in [0.29, 0.717) is 23.0 Å². The Bertz CT molecular complexity index is 1060. The van der Waals surface area contributed by atoms with E-state index in [0.717, 1.165) is 15.6 Å². The van der Waals surface area contributed by atoms with Gasteiger partial charge in [-0.25, -0.2) is 5.43 Å². The lowest BCUT2D eigenvalue weighted by molar-refractivity contribution is 0.0948. The van der Waals surface area contributed by atoms with Gasteiger partial charge in [0.1, 0.15) is 5.75 Å². The van der Waals surface area contributed by atoms with E-state index in [4.69, 9.17) is 0 Å². The lowest BCUT2D eigenvalue weighted by atomic mass is 10.1. The molecule has 0 fully saturated rings. The molecule has 0 saturated heterocycles. The third-order valence-corrected chi connectivity index (χ3v) is 5.18. The molecule has 2 aromatic carbocycles. The topological polar surface area (TPSA) is 79.5 Å². The largest absolute Gasteiger partial charge is 0.507 e. The van der Waals surface area contributed by atoms with Crippen molar-refractivity contribution in [3.8, 4) is 5.75 Å². The van der Waals surface area contributed by atoms with E-state index in [-0.39, 0.29) is 11.4 Å². The number of hydrazone groups is 1. The van der Waals surface area contributed by atoms with Crippen molar-refractivity contribution in [1.29, 1.82) is 0 Å². The lowest BCUT2D eigenvalue weighted by Crippen LogP contribution is -2.19. The minimum absolute atomic E-state index is 0.116. The van der Waals surface area contributed by atoms with E-state index in [1.165, 1.54) is 6.21 Å². The fraction of sp³-hybridized carbons (Fsp3) is 0.0952. The monoisotopic (exact) mass is 516 g/mol. The zero-order valence-electron chi connectivity index (χ0n) is 15.3. The van der Waals surface area contributed by atoms with Crippen LogP contribution in [0, 0.1) is 0 Å². The zero-order valence-corrected chi connectivity index (χ0v) is 18.5. The van der Waals surface area contributed by atoms with Gasteiger partial charge < -0.3 is 5.11 Å². The number of hydrogen-bond acceptors (Lipinski definition) is 4. The van der Waals surface area contributed by atoms with Crippen LogP contribution in [-0.2, 0) is 13.0 Å². The van der Waals surface area contributed by atoms with Gasteiger partial charge in [0, 0.05) is 16.2 Å². The van der Waals surface area contributed by atoms with Crippen LogP contribution in [0.3, 0.4) is 0 Å². The van der Waals surface area contributed by atoms with Crippen molar-refractivity contribution in [2.75, 3.05) is 0 Å². The molecule has 8 heteroatoms. The second kappa shape index (κ2) is 9.67. The molecule has 1 heterocycles. The molecule has 0 unspecified atom stereocenters. The van der Waals surface area contributed by atoms with Crippen LogP contribution in [-0.4, -0.2) is 27.0 Å². The molecule has 0 radical (unpaired) electrons. The number of rotatable bonds is 7. The normalized spacial score (nSPS) is 11.0. The van der Waals surface area contributed by atoms with Crippen LogP contribution >= 0.6 is 31.9 Å². The molecule has 0 bridgehead atoms. The summed E-state index contributed by atoms with van der Waals surface area (Å²) >= 11 is 6.77. The van der Waals surface area contributed by atoms with Gasteiger partial charge >= 0.3 is 0 Å². The zero-order chi connectivity index (χ0) is 20.8. The van der Waals surface area contributed by atoms with Gasteiger partial charge in [-0.1, -0.05) is 46.3 Å². The van der Waals surface area contributed by atoms with Gasteiger partial charge in [-0.15, -0.1) is 6.58 Å². The number of benzene rings is 2. The van der Waals surface area contributed by atoms with Gasteiger partial charge in [-0.2, -0.15) is 10.2 Å². The van der Waals surface area contributed by atoms with Crippen molar-refractivity contribution in [3.05, 3.63) is 92.6 Å². The van der Waals surface area contributed by atoms with Crippen LogP contribution in [0.5, 0.6) is 5.75 Å². The fourth-order valence-electron chi connectivity index (χ4n) is 2.66. The number of phenols is 1. The maximum Gasteiger partial charge on any atom is 0.293 e. The molecular formula is C21H18Br2N4O2. The van der Waals surface area contributed by atoms with Crippen molar-refractivity contribution in [2.45, 2.75) is 13.0 Å². The Morgan fingerprint density at radius 2 is 2.00 bits per heavy atom. The second-order valence-electron chi connectivity index (χ2n) is 6.20. The molecule has 1 amide bonds. The van der Waals surface area contributed by atoms with Crippen molar-refractivity contribution in [3.63, 3.8) is 0 Å². The molecular weight excluding hydrogens is 500 g/mol. The van der Waals surface area contributed by atoms with Gasteiger partial charge in [-0.3, -0.25) is 9.48 Å². The van der Waals surface area contributed by atoms with Crippen molar-refractivity contribution < 1.29 is 9.90 Å². The summed E-state index contributed by atoms with van der Waals surface area (Å²) in [6, 6.07) is 13.2. The smallest absolute Gasteiger partial charge is 0.293 e. The molecule has 3 rings (SSSR count). The first-order valence-corrected chi connectivity index (χ1v) is 10.3. The summed E-state index contributed by atoms with van der Waals surface area (Å²) in [4.78, 5) is 12.4. The maximum atomic E-state index is 12.4. The average Bonchev–Trinajstić information content (AvgIpc) is 3.07. The van der Waals surface area contributed by atoms with Crippen LogP contribution in [0.25, 0.3) is 0 Å². The average molecular weight is 518 g/mol. The van der Waals surface area contributed by atoms with Crippen molar-refractivity contribution >= 4 is 44.0 Å². The third-order valence-electron chi connectivity index (χ3n) is 4.07. The Kier molecular flexibility index (Phi) is 7.00. The predicted molar refractivity (Wildman–Crippen MR) is 120 cm³/mol. The highest BCUT2D eigenvalue weighted by atomic mass is 79.9. The summed E-state index contributed by atoms with van der Waals surface area (Å²) in [5, 5.41) is 18.5. The minimum atomic E-state index is -0.454. The quantitative estimate of drug-likeness (QED) is 0.272. The molecule has 148 valence electrons. The Hall–Kier alpha value is -2.71. The third kappa shape index (κ3) is 5.42. The van der Waals surface area contributed by atoms with E-state index >= 15 is 0 Å². The number of phenolic OH excluding ortho intramolecular Hbond substituents is 1. The number of allylic oxidation sites excluding steroid dienone is 1. The predicted octanol–water partition coefficient (Wildman–Crippen LogP) is 4.65. The molecule has 6 nitrogen and oxygen atoms in total. The number of aromatic nitrogens is 2. The number of carbonyl (C=O) groups excluding carboxylic acids is 1. The van der Waals surface area contributed by atoms with Gasteiger partial charge in [0.25, 0.3) is 5.91 Å². The molecule has 2 N–H and O–H groups in total. The molecule has 0 aliphatic carbocycles. The molecule has 29 heavy (non-hydrogen) atoms. The summed E-state index contributed by atoms with van der Waals surface area (Å²) in [7, 11) is 0. The number of nitrogens with zero attached hydrogens (tertiary/aromatic N) is 3. The van der Waals surface area contributed by atoms with E-state index < -0.39 is 5.91 Å². The number of aromatic hydroxyl groups is 1.